The summed E-state index contributed by atoms with van der Waals surface area (Å²) in [5.41, 5.74) is 0.657. The summed E-state index contributed by atoms with van der Waals surface area (Å²) in [5.74, 6) is -2.06. The number of carboxylic acid groups (broad SMARTS) is 1. The van der Waals surface area contributed by atoms with E-state index >= 15 is 0 Å². The number of hydrogen-bond donors (Lipinski definition) is 1. The Labute approximate surface area is 129 Å². The highest BCUT2D eigenvalue weighted by atomic mass is 19.1. The van der Waals surface area contributed by atoms with Crippen LogP contribution in [0.1, 0.15) is 21.0 Å². The predicted octanol–water partition coefficient (Wildman–Crippen LogP) is 2.63. The number of benzene rings is 1. The average molecular weight is 314 g/mol. The number of halogens is 1. The molecule has 0 fully saturated rings. The molecule has 0 unspecified atom stereocenters. The minimum atomic E-state index is -1.22. The molecule has 23 heavy (non-hydrogen) atoms. The molecule has 2 aromatic heterocycles. The van der Waals surface area contributed by atoms with Gasteiger partial charge in [0.05, 0.1) is 12.6 Å². The van der Waals surface area contributed by atoms with Crippen LogP contribution in [0.2, 0.25) is 0 Å². The van der Waals surface area contributed by atoms with Gasteiger partial charge in [0.2, 0.25) is 0 Å². The Morgan fingerprint density at radius 3 is 2.48 bits per heavy atom. The van der Waals surface area contributed by atoms with E-state index in [1.807, 2.05) is 0 Å². The lowest BCUT2D eigenvalue weighted by Crippen LogP contribution is -2.09. The van der Waals surface area contributed by atoms with Crippen LogP contribution in [-0.2, 0) is 4.74 Å². The number of carbonyl (C=O) groups is 2. The number of esters is 1. The van der Waals surface area contributed by atoms with Crippen LogP contribution in [0.5, 0.6) is 0 Å². The van der Waals surface area contributed by atoms with Crippen molar-refractivity contribution < 1.29 is 23.8 Å². The van der Waals surface area contributed by atoms with Crippen LogP contribution in [0.3, 0.4) is 0 Å². The molecular weight excluding hydrogens is 303 g/mol. The highest BCUT2D eigenvalue weighted by molar-refractivity contribution is 5.97. The van der Waals surface area contributed by atoms with Gasteiger partial charge in [0, 0.05) is 5.56 Å². The minimum Gasteiger partial charge on any atom is -0.476 e. The van der Waals surface area contributed by atoms with Gasteiger partial charge < -0.3 is 9.84 Å². The molecule has 0 saturated heterocycles. The fourth-order valence-corrected chi connectivity index (χ4v) is 2.35. The number of carboxylic acids is 1. The second-order valence-corrected chi connectivity index (χ2v) is 4.72. The Balaban J connectivity index is 2.38. The van der Waals surface area contributed by atoms with Crippen LogP contribution in [0, 0.1) is 5.82 Å². The summed E-state index contributed by atoms with van der Waals surface area (Å²) in [6.07, 6.45) is 0. The Morgan fingerprint density at radius 2 is 1.87 bits per heavy atom. The molecule has 0 saturated carbocycles. The van der Waals surface area contributed by atoms with Gasteiger partial charge in [-0.2, -0.15) is 0 Å². The van der Waals surface area contributed by atoms with Crippen molar-refractivity contribution in [1.82, 2.24) is 9.38 Å². The molecule has 3 aromatic rings. The molecule has 0 aliphatic carbocycles. The molecule has 0 amide bonds. The predicted molar refractivity (Wildman–Crippen MR) is 78.9 cm³/mol. The maximum Gasteiger partial charge on any atom is 0.356 e. The van der Waals surface area contributed by atoms with Gasteiger partial charge in [0.1, 0.15) is 17.3 Å². The third-order valence-electron chi connectivity index (χ3n) is 3.36. The molecule has 7 heteroatoms. The van der Waals surface area contributed by atoms with E-state index < -0.39 is 17.8 Å². The highest BCUT2D eigenvalue weighted by Gasteiger charge is 2.22. The molecule has 6 nitrogen and oxygen atoms in total. The zero-order valence-electron chi connectivity index (χ0n) is 12.0. The number of imidazole rings is 1. The molecule has 1 N–H and O–H groups in total. The SMILES string of the molecule is COC(=O)c1cccc2c(C(=O)O)nc(-c3ccc(F)cc3)n12. The van der Waals surface area contributed by atoms with E-state index in [2.05, 4.69) is 4.98 Å². The van der Waals surface area contributed by atoms with Gasteiger partial charge in [0.25, 0.3) is 0 Å². The monoisotopic (exact) mass is 314 g/mol. The highest BCUT2D eigenvalue weighted by Crippen LogP contribution is 2.25. The summed E-state index contributed by atoms with van der Waals surface area (Å²) in [6, 6.07) is 9.97. The van der Waals surface area contributed by atoms with Gasteiger partial charge in [-0.25, -0.2) is 19.0 Å². The van der Waals surface area contributed by atoms with Crippen molar-refractivity contribution in [2.45, 2.75) is 0 Å². The topological polar surface area (TPSA) is 80.9 Å². The van der Waals surface area contributed by atoms with Crippen molar-refractivity contribution in [3.05, 3.63) is 59.7 Å². The van der Waals surface area contributed by atoms with Crippen molar-refractivity contribution in [1.29, 1.82) is 0 Å². The van der Waals surface area contributed by atoms with Gasteiger partial charge in [-0.15, -0.1) is 0 Å². The lowest BCUT2D eigenvalue weighted by Gasteiger charge is -2.07. The number of carbonyl (C=O) groups excluding carboxylic acids is 1. The van der Waals surface area contributed by atoms with E-state index in [1.165, 1.54) is 47.9 Å². The standard InChI is InChI=1S/C16H11FN2O4/c1-23-16(22)12-4-2-3-11-13(15(20)21)18-14(19(11)12)9-5-7-10(17)8-6-9/h2-8H,1H3,(H,20,21). The third-order valence-corrected chi connectivity index (χ3v) is 3.36. The molecule has 0 atom stereocenters. The van der Waals surface area contributed by atoms with E-state index in [0.717, 1.165) is 0 Å². The van der Waals surface area contributed by atoms with E-state index in [0.29, 0.717) is 5.56 Å². The molecule has 1 aromatic carbocycles. The lowest BCUT2D eigenvalue weighted by atomic mass is 10.2. The summed E-state index contributed by atoms with van der Waals surface area (Å²) in [6.45, 7) is 0. The summed E-state index contributed by atoms with van der Waals surface area (Å²) in [7, 11) is 1.23. The van der Waals surface area contributed by atoms with Gasteiger partial charge in [-0.05, 0) is 36.4 Å². The lowest BCUT2D eigenvalue weighted by molar-refractivity contribution is 0.0591. The molecular formula is C16H11FN2O4. The quantitative estimate of drug-likeness (QED) is 0.752. The van der Waals surface area contributed by atoms with Crippen LogP contribution in [0.25, 0.3) is 16.9 Å². The van der Waals surface area contributed by atoms with E-state index in [-0.39, 0.29) is 22.7 Å². The van der Waals surface area contributed by atoms with Crippen molar-refractivity contribution in [2.75, 3.05) is 7.11 Å². The van der Waals surface area contributed by atoms with Gasteiger partial charge in [0.15, 0.2) is 5.69 Å². The number of aromatic carboxylic acids is 1. The van der Waals surface area contributed by atoms with Crippen LogP contribution >= 0.6 is 0 Å². The van der Waals surface area contributed by atoms with E-state index in [4.69, 9.17) is 4.74 Å². The van der Waals surface area contributed by atoms with Gasteiger partial charge in [-0.3, -0.25) is 4.40 Å². The number of hydrogen-bond acceptors (Lipinski definition) is 4. The van der Waals surface area contributed by atoms with Crippen molar-refractivity contribution in [3.8, 4) is 11.4 Å². The summed E-state index contributed by atoms with van der Waals surface area (Å²) in [4.78, 5) is 27.5. The van der Waals surface area contributed by atoms with Gasteiger partial charge in [-0.1, -0.05) is 6.07 Å². The van der Waals surface area contributed by atoms with Gasteiger partial charge >= 0.3 is 11.9 Å². The minimum absolute atomic E-state index is 0.129. The van der Waals surface area contributed by atoms with Crippen LogP contribution < -0.4 is 0 Å². The van der Waals surface area contributed by atoms with E-state index in [1.54, 1.807) is 6.07 Å². The largest absolute Gasteiger partial charge is 0.476 e. The molecule has 3 rings (SSSR count). The molecule has 0 aliphatic rings. The van der Waals surface area contributed by atoms with Crippen molar-refractivity contribution in [3.63, 3.8) is 0 Å². The molecule has 0 spiro atoms. The number of rotatable bonds is 3. The number of pyridine rings is 1. The molecule has 0 bridgehead atoms. The third kappa shape index (κ3) is 2.42. The first-order valence-electron chi connectivity index (χ1n) is 6.62. The average Bonchev–Trinajstić information content (AvgIpc) is 2.94. The number of fused-ring (bicyclic) bond motifs is 1. The van der Waals surface area contributed by atoms with Crippen molar-refractivity contribution in [2.24, 2.45) is 0 Å². The summed E-state index contributed by atoms with van der Waals surface area (Å²) < 4.78 is 19.2. The number of ether oxygens (including phenoxy) is 1. The zero-order chi connectivity index (χ0) is 16.6. The molecule has 0 radical (unpaired) electrons. The first-order valence-corrected chi connectivity index (χ1v) is 6.62. The Morgan fingerprint density at radius 1 is 1.17 bits per heavy atom. The second-order valence-electron chi connectivity index (χ2n) is 4.72. The normalized spacial score (nSPS) is 10.7. The maximum absolute atomic E-state index is 13.1. The summed E-state index contributed by atoms with van der Waals surface area (Å²) >= 11 is 0. The molecule has 2 heterocycles. The number of nitrogens with zero attached hydrogens (tertiary/aromatic N) is 2. The van der Waals surface area contributed by atoms with Crippen LogP contribution in [0.15, 0.2) is 42.5 Å². The Kier molecular flexibility index (Phi) is 3.53. The molecule has 116 valence electrons. The fourth-order valence-electron chi connectivity index (χ4n) is 2.35. The molecule has 0 aliphatic heterocycles. The smallest absolute Gasteiger partial charge is 0.356 e. The first kappa shape index (κ1) is 14.7. The van der Waals surface area contributed by atoms with Crippen LogP contribution in [-0.4, -0.2) is 33.5 Å². The van der Waals surface area contributed by atoms with Crippen LogP contribution in [0.4, 0.5) is 4.39 Å². The number of methoxy groups -OCH3 is 1. The summed E-state index contributed by atoms with van der Waals surface area (Å²) in [5, 5.41) is 9.32. The fraction of sp³-hybridized carbons (Fsp3) is 0.0625. The Hall–Kier alpha value is -3.22. The maximum atomic E-state index is 13.1. The Bertz CT molecular complexity index is 916. The van der Waals surface area contributed by atoms with Crippen molar-refractivity contribution >= 4 is 17.5 Å². The first-order chi connectivity index (χ1) is 11.0. The zero-order valence-corrected chi connectivity index (χ0v) is 12.0. The van der Waals surface area contributed by atoms with E-state index in [9.17, 15) is 19.1 Å². The number of aromatic nitrogens is 2. The second kappa shape index (κ2) is 5.53.